The molecule has 1 heterocycles. The molecule has 1 aromatic rings. The lowest BCUT2D eigenvalue weighted by atomic mass is 10.2. The zero-order valence-electron chi connectivity index (χ0n) is 8.83. The quantitative estimate of drug-likeness (QED) is 0.821. The highest BCUT2D eigenvalue weighted by Gasteiger charge is 2.16. The molecule has 1 aromatic carbocycles. The number of fused-ring (bicyclic) bond motifs is 1. The topological polar surface area (TPSA) is 47.6 Å². The summed E-state index contributed by atoms with van der Waals surface area (Å²) in [4.78, 5) is 11.7. The van der Waals surface area contributed by atoms with Crippen molar-refractivity contribution in [1.82, 2.24) is 5.32 Å². The van der Waals surface area contributed by atoms with E-state index in [1.165, 1.54) is 0 Å². The molecule has 1 aliphatic heterocycles. The largest absolute Gasteiger partial charge is 0.454 e. The third-order valence-electron chi connectivity index (χ3n) is 2.24. The maximum Gasteiger partial charge on any atom is 0.251 e. The van der Waals surface area contributed by atoms with Gasteiger partial charge in [-0.25, -0.2) is 0 Å². The third-order valence-corrected chi connectivity index (χ3v) is 2.71. The summed E-state index contributed by atoms with van der Waals surface area (Å²) >= 11 is 5.62. The van der Waals surface area contributed by atoms with E-state index in [1.54, 1.807) is 18.2 Å². The van der Waals surface area contributed by atoms with Crippen LogP contribution in [0.15, 0.2) is 18.2 Å². The molecular weight excluding hydrogens is 230 g/mol. The molecule has 16 heavy (non-hydrogen) atoms. The Morgan fingerprint density at radius 2 is 2.25 bits per heavy atom. The van der Waals surface area contributed by atoms with Crippen molar-refractivity contribution in [2.45, 2.75) is 13.0 Å². The zero-order chi connectivity index (χ0) is 11.5. The first-order valence-corrected chi connectivity index (χ1v) is 5.50. The molecular formula is C11H12ClNO3. The number of hydrogen-bond donors (Lipinski definition) is 1. The highest BCUT2D eigenvalue weighted by molar-refractivity contribution is 6.18. The number of amides is 1. The molecule has 0 saturated carbocycles. The second-order valence-corrected chi connectivity index (χ2v) is 3.91. The van der Waals surface area contributed by atoms with Crippen LogP contribution in [0, 0.1) is 0 Å². The highest BCUT2D eigenvalue weighted by atomic mass is 35.5. The monoisotopic (exact) mass is 241 g/mol. The Morgan fingerprint density at radius 1 is 1.50 bits per heavy atom. The van der Waals surface area contributed by atoms with Gasteiger partial charge in [0.15, 0.2) is 11.5 Å². The Kier molecular flexibility index (Phi) is 3.19. The molecule has 0 spiro atoms. The predicted molar refractivity (Wildman–Crippen MR) is 60.2 cm³/mol. The van der Waals surface area contributed by atoms with Gasteiger partial charge in [0.1, 0.15) is 0 Å². The first-order chi connectivity index (χ1) is 7.70. The summed E-state index contributed by atoms with van der Waals surface area (Å²) in [5.41, 5.74) is 0.543. The fourth-order valence-electron chi connectivity index (χ4n) is 1.38. The molecule has 0 fully saturated rings. The average Bonchev–Trinajstić information content (AvgIpc) is 2.75. The SMILES string of the molecule is CC(CCl)NC(=O)c1ccc2c(c1)OCO2. The van der Waals surface area contributed by atoms with Crippen LogP contribution in [-0.4, -0.2) is 24.6 Å². The van der Waals surface area contributed by atoms with Crippen LogP contribution in [0.5, 0.6) is 11.5 Å². The molecule has 1 aliphatic rings. The van der Waals surface area contributed by atoms with Gasteiger partial charge in [-0.15, -0.1) is 11.6 Å². The number of halogens is 1. The van der Waals surface area contributed by atoms with Gasteiger partial charge in [-0.05, 0) is 25.1 Å². The Balaban J connectivity index is 2.12. The van der Waals surface area contributed by atoms with E-state index >= 15 is 0 Å². The fraction of sp³-hybridized carbons (Fsp3) is 0.364. The summed E-state index contributed by atoms with van der Waals surface area (Å²) in [7, 11) is 0. The first kappa shape index (κ1) is 11.1. The maximum absolute atomic E-state index is 11.7. The van der Waals surface area contributed by atoms with E-state index in [2.05, 4.69) is 5.32 Å². The molecule has 86 valence electrons. The highest BCUT2D eigenvalue weighted by Crippen LogP contribution is 2.32. The summed E-state index contributed by atoms with van der Waals surface area (Å²) < 4.78 is 10.4. The lowest BCUT2D eigenvalue weighted by molar-refractivity contribution is 0.0943. The Labute approximate surface area is 98.5 Å². The van der Waals surface area contributed by atoms with Crippen molar-refractivity contribution in [2.75, 3.05) is 12.7 Å². The van der Waals surface area contributed by atoms with Crippen LogP contribution in [0.25, 0.3) is 0 Å². The summed E-state index contributed by atoms with van der Waals surface area (Å²) in [6, 6.07) is 5.03. The minimum Gasteiger partial charge on any atom is -0.454 e. The Morgan fingerprint density at radius 3 is 3.00 bits per heavy atom. The van der Waals surface area contributed by atoms with Crippen LogP contribution >= 0.6 is 11.6 Å². The minimum absolute atomic E-state index is 0.0559. The van der Waals surface area contributed by atoms with Crippen LogP contribution in [0.3, 0.4) is 0 Å². The summed E-state index contributed by atoms with van der Waals surface area (Å²) in [6.07, 6.45) is 0. The smallest absolute Gasteiger partial charge is 0.251 e. The molecule has 0 aromatic heterocycles. The van der Waals surface area contributed by atoms with Crippen molar-refractivity contribution in [1.29, 1.82) is 0 Å². The molecule has 1 N–H and O–H groups in total. The molecule has 4 nitrogen and oxygen atoms in total. The fourth-order valence-corrected chi connectivity index (χ4v) is 1.46. The zero-order valence-corrected chi connectivity index (χ0v) is 9.58. The van der Waals surface area contributed by atoms with Gasteiger partial charge in [-0.1, -0.05) is 0 Å². The summed E-state index contributed by atoms with van der Waals surface area (Å²) in [6.45, 7) is 2.05. The molecule has 0 aliphatic carbocycles. The van der Waals surface area contributed by atoms with E-state index in [4.69, 9.17) is 21.1 Å². The second kappa shape index (κ2) is 4.61. The number of alkyl halides is 1. The van der Waals surface area contributed by atoms with E-state index < -0.39 is 0 Å². The van der Waals surface area contributed by atoms with Crippen molar-refractivity contribution in [3.8, 4) is 11.5 Å². The van der Waals surface area contributed by atoms with Gasteiger partial charge in [0.05, 0.1) is 0 Å². The number of nitrogens with one attached hydrogen (secondary N) is 1. The van der Waals surface area contributed by atoms with E-state index in [0.29, 0.717) is 22.9 Å². The number of carbonyl (C=O) groups is 1. The minimum atomic E-state index is -0.161. The van der Waals surface area contributed by atoms with E-state index in [-0.39, 0.29) is 18.7 Å². The summed E-state index contributed by atoms with van der Waals surface area (Å²) in [5.74, 6) is 1.50. The molecule has 1 unspecified atom stereocenters. The van der Waals surface area contributed by atoms with Crippen LogP contribution in [0.2, 0.25) is 0 Å². The molecule has 0 radical (unpaired) electrons. The average molecular weight is 242 g/mol. The van der Waals surface area contributed by atoms with Crippen LogP contribution in [0.4, 0.5) is 0 Å². The van der Waals surface area contributed by atoms with Gasteiger partial charge in [0.2, 0.25) is 6.79 Å². The third kappa shape index (κ3) is 2.22. The number of benzene rings is 1. The van der Waals surface area contributed by atoms with Crippen LogP contribution < -0.4 is 14.8 Å². The predicted octanol–water partition coefficient (Wildman–Crippen LogP) is 1.77. The van der Waals surface area contributed by atoms with Crippen LogP contribution in [-0.2, 0) is 0 Å². The molecule has 5 heteroatoms. The van der Waals surface area contributed by atoms with Crippen molar-refractivity contribution in [2.24, 2.45) is 0 Å². The van der Waals surface area contributed by atoms with Crippen molar-refractivity contribution in [3.05, 3.63) is 23.8 Å². The number of rotatable bonds is 3. The Hall–Kier alpha value is -1.42. The van der Waals surface area contributed by atoms with Gasteiger partial charge in [0, 0.05) is 17.5 Å². The van der Waals surface area contributed by atoms with E-state index in [1.807, 2.05) is 6.92 Å². The number of carbonyl (C=O) groups excluding carboxylic acids is 1. The maximum atomic E-state index is 11.7. The van der Waals surface area contributed by atoms with Crippen molar-refractivity contribution < 1.29 is 14.3 Å². The lowest BCUT2D eigenvalue weighted by Crippen LogP contribution is -2.33. The van der Waals surface area contributed by atoms with Gasteiger partial charge < -0.3 is 14.8 Å². The number of ether oxygens (including phenoxy) is 2. The second-order valence-electron chi connectivity index (χ2n) is 3.60. The van der Waals surface area contributed by atoms with Gasteiger partial charge in [-0.3, -0.25) is 4.79 Å². The standard InChI is InChI=1S/C11H12ClNO3/c1-7(5-12)13-11(14)8-2-3-9-10(4-8)16-6-15-9/h2-4,7H,5-6H2,1H3,(H,13,14). The van der Waals surface area contributed by atoms with E-state index in [0.717, 1.165) is 0 Å². The van der Waals surface area contributed by atoms with E-state index in [9.17, 15) is 4.79 Å². The normalized spacial score (nSPS) is 14.6. The molecule has 1 atom stereocenters. The van der Waals surface area contributed by atoms with Gasteiger partial charge in [0.25, 0.3) is 5.91 Å². The molecule has 0 bridgehead atoms. The molecule has 0 saturated heterocycles. The summed E-state index contributed by atoms with van der Waals surface area (Å²) in [5, 5.41) is 2.77. The Bertz CT molecular complexity index is 408. The number of hydrogen-bond acceptors (Lipinski definition) is 3. The lowest BCUT2D eigenvalue weighted by Gasteiger charge is -2.10. The first-order valence-electron chi connectivity index (χ1n) is 4.97. The molecule has 2 rings (SSSR count). The van der Waals surface area contributed by atoms with Crippen molar-refractivity contribution >= 4 is 17.5 Å². The van der Waals surface area contributed by atoms with Gasteiger partial charge >= 0.3 is 0 Å². The van der Waals surface area contributed by atoms with Crippen molar-refractivity contribution in [3.63, 3.8) is 0 Å². The molecule has 1 amide bonds. The van der Waals surface area contributed by atoms with Gasteiger partial charge in [-0.2, -0.15) is 0 Å². The van der Waals surface area contributed by atoms with Crippen LogP contribution in [0.1, 0.15) is 17.3 Å².